The Labute approximate surface area is 113 Å². The summed E-state index contributed by atoms with van der Waals surface area (Å²) in [5.41, 5.74) is 7.08. The molecule has 0 bridgehead atoms. The molecule has 19 heavy (non-hydrogen) atoms. The van der Waals surface area contributed by atoms with Crippen LogP contribution in [0.15, 0.2) is 12.1 Å². The Kier molecular flexibility index (Phi) is 4.37. The number of pyridine rings is 1. The van der Waals surface area contributed by atoms with Gasteiger partial charge in [-0.05, 0) is 31.9 Å². The van der Waals surface area contributed by atoms with Gasteiger partial charge >= 0.3 is 0 Å². The Hall–Kier alpha value is -1.62. The molecule has 3 N–H and O–H groups in total. The van der Waals surface area contributed by atoms with Gasteiger partial charge in [-0.1, -0.05) is 6.92 Å². The summed E-state index contributed by atoms with van der Waals surface area (Å²) in [6, 6.07) is 4.44. The molecule has 1 atom stereocenters. The van der Waals surface area contributed by atoms with E-state index < -0.39 is 0 Å². The third-order valence-corrected chi connectivity index (χ3v) is 3.18. The molecule has 0 aromatic carbocycles. The number of aromatic nitrogens is 1. The first-order chi connectivity index (χ1) is 9.06. The molecule has 1 fully saturated rings. The fourth-order valence-electron chi connectivity index (χ4n) is 1.68. The number of hydrogen-bond acceptors (Lipinski definition) is 4. The molecule has 0 spiro atoms. The minimum absolute atomic E-state index is 0.288. The summed E-state index contributed by atoms with van der Waals surface area (Å²) < 4.78 is 5.66. The smallest absolute Gasteiger partial charge is 0.223 e. The highest BCUT2D eigenvalue weighted by Gasteiger charge is 2.21. The maximum absolute atomic E-state index is 11.0. The lowest BCUT2D eigenvalue weighted by Crippen LogP contribution is -2.26. The Morgan fingerprint density at radius 3 is 2.95 bits per heavy atom. The van der Waals surface area contributed by atoms with Gasteiger partial charge in [0.15, 0.2) is 0 Å². The number of ether oxygens (including phenoxy) is 1. The molecule has 5 nitrogen and oxygen atoms in total. The van der Waals surface area contributed by atoms with Gasteiger partial charge in [0.1, 0.15) is 5.75 Å². The molecular weight excluding hydrogens is 242 g/mol. The number of primary amides is 1. The first kappa shape index (κ1) is 13.8. The van der Waals surface area contributed by atoms with Crippen LogP contribution >= 0.6 is 0 Å². The Morgan fingerprint density at radius 2 is 2.32 bits per heavy atom. The molecule has 0 saturated heterocycles. The molecular formula is C14H21N3O2. The SMILES string of the molecule is Cc1ccc(OCC(C)C(N)=O)c(CNC2CC2)n1. The van der Waals surface area contributed by atoms with Gasteiger partial charge < -0.3 is 15.8 Å². The third kappa shape index (κ3) is 4.21. The summed E-state index contributed by atoms with van der Waals surface area (Å²) in [5.74, 6) is 0.0788. The van der Waals surface area contributed by atoms with E-state index in [9.17, 15) is 4.79 Å². The van der Waals surface area contributed by atoms with Crippen molar-refractivity contribution in [2.45, 2.75) is 39.3 Å². The summed E-state index contributed by atoms with van der Waals surface area (Å²) in [6.07, 6.45) is 2.47. The maximum Gasteiger partial charge on any atom is 0.223 e. The van der Waals surface area contributed by atoms with Gasteiger partial charge in [0, 0.05) is 18.3 Å². The van der Waals surface area contributed by atoms with Gasteiger partial charge in [0.05, 0.1) is 18.2 Å². The van der Waals surface area contributed by atoms with Gasteiger partial charge in [-0.3, -0.25) is 9.78 Å². The summed E-state index contributed by atoms with van der Waals surface area (Å²) >= 11 is 0. The van der Waals surface area contributed by atoms with E-state index in [0.717, 1.165) is 17.1 Å². The molecule has 1 heterocycles. The molecule has 1 aromatic heterocycles. The molecule has 0 radical (unpaired) electrons. The van der Waals surface area contributed by atoms with Gasteiger partial charge in [0.2, 0.25) is 5.91 Å². The van der Waals surface area contributed by atoms with E-state index in [0.29, 0.717) is 12.6 Å². The first-order valence-electron chi connectivity index (χ1n) is 6.68. The van der Waals surface area contributed by atoms with E-state index >= 15 is 0 Å². The standard InChI is InChI=1S/C14H21N3O2/c1-9(14(15)18)8-19-13-6-3-10(2)17-12(13)7-16-11-4-5-11/h3,6,9,11,16H,4-5,7-8H2,1-2H3,(H2,15,18). The fourth-order valence-corrected chi connectivity index (χ4v) is 1.68. The van der Waals surface area contributed by atoms with E-state index in [-0.39, 0.29) is 18.4 Å². The Balaban J connectivity index is 1.98. The van der Waals surface area contributed by atoms with Crippen LogP contribution in [-0.4, -0.2) is 23.5 Å². The van der Waals surface area contributed by atoms with E-state index in [2.05, 4.69) is 10.3 Å². The average Bonchev–Trinajstić information content (AvgIpc) is 3.18. The molecule has 1 aromatic rings. The predicted octanol–water partition coefficient (Wildman–Crippen LogP) is 1.14. The number of aryl methyl sites for hydroxylation is 1. The third-order valence-electron chi connectivity index (χ3n) is 3.18. The molecule has 1 aliphatic rings. The zero-order valence-corrected chi connectivity index (χ0v) is 11.5. The molecule has 104 valence electrons. The minimum Gasteiger partial charge on any atom is -0.491 e. The molecule has 2 rings (SSSR count). The van der Waals surface area contributed by atoms with Crippen molar-refractivity contribution in [2.75, 3.05) is 6.61 Å². The summed E-state index contributed by atoms with van der Waals surface area (Å²) in [4.78, 5) is 15.5. The molecule has 5 heteroatoms. The van der Waals surface area contributed by atoms with Crippen LogP contribution in [-0.2, 0) is 11.3 Å². The Morgan fingerprint density at radius 1 is 1.58 bits per heavy atom. The minimum atomic E-state index is -0.349. The van der Waals surface area contributed by atoms with E-state index in [1.807, 2.05) is 19.1 Å². The number of amides is 1. The van der Waals surface area contributed by atoms with Crippen molar-refractivity contribution in [1.82, 2.24) is 10.3 Å². The number of carbonyl (C=O) groups is 1. The Bertz CT molecular complexity index is 458. The number of nitrogens with one attached hydrogen (secondary N) is 1. The lowest BCUT2D eigenvalue weighted by molar-refractivity contribution is -0.122. The molecule has 0 aliphatic heterocycles. The normalized spacial score (nSPS) is 16.1. The number of nitrogens with two attached hydrogens (primary N) is 1. The monoisotopic (exact) mass is 263 g/mol. The van der Waals surface area contributed by atoms with Crippen molar-refractivity contribution in [2.24, 2.45) is 11.7 Å². The summed E-state index contributed by atoms with van der Waals surface area (Å²) in [6.45, 7) is 4.70. The largest absolute Gasteiger partial charge is 0.491 e. The number of hydrogen-bond donors (Lipinski definition) is 2. The van der Waals surface area contributed by atoms with E-state index in [1.54, 1.807) is 6.92 Å². The fraction of sp³-hybridized carbons (Fsp3) is 0.571. The highest BCUT2D eigenvalue weighted by atomic mass is 16.5. The van der Waals surface area contributed by atoms with Crippen LogP contribution < -0.4 is 15.8 Å². The number of nitrogens with zero attached hydrogens (tertiary/aromatic N) is 1. The van der Waals surface area contributed by atoms with Gasteiger partial charge in [-0.15, -0.1) is 0 Å². The van der Waals surface area contributed by atoms with Gasteiger partial charge in [-0.25, -0.2) is 0 Å². The van der Waals surface area contributed by atoms with Crippen LogP contribution in [0.25, 0.3) is 0 Å². The van der Waals surface area contributed by atoms with Crippen molar-refractivity contribution in [3.63, 3.8) is 0 Å². The topological polar surface area (TPSA) is 77.2 Å². The van der Waals surface area contributed by atoms with Crippen LogP contribution in [0.2, 0.25) is 0 Å². The highest BCUT2D eigenvalue weighted by Crippen LogP contribution is 2.22. The second kappa shape index (κ2) is 6.02. The lowest BCUT2D eigenvalue weighted by atomic mass is 10.2. The average molecular weight is 263 g/mol. The number of carbonyl (C=O) groups excluding carboxylic acids is 1. The summed E-state index contributed by atoms with van der Waals surface area (Å²) in [5, 5.41) is 3.42. The lowest BCUT2D eigenvalue weighted by Gasteiger charge is -2.14. The predicted molar refractivity (Wildman–Crippen MR) is 72.7 cm³/mol. The van der Waals surface area contributed by atoms with Crippen molar-refractivity contribution in [1.29, 1.82) is 0 Å². The quantitative estimate of drug-likeness (QED) is 0.773. The van der Waals surface area contributed by atoms with Crippen molar-refractivity contribution in [3.05, 3.63) is 23.5 Å². The van der Waals surface area contributed by atoms with Gasteiger partial charge in [-0.2, -0.15) is 0 Å². The highest BCUT2D eigenvalue weighted by molar-refractivity contribution is 5.76. The van der Waals surface area contributed by atoms with E-state index in [1.165, 1.54) is 12.8 Å². The maximum atomic E-state index is 11.0. The number of rotatable bonds is 7. The molecule has 1 amide bonds. The van der Waals surface area contributed by atoms with Crippen LogP contribution in [0, 0.1) is 12.8 Å². The van der Waals surface area contributed by atoms with Crippen molar-refractivity contribution in [3.8, 4) is 5.75 Å². The van der Waals surface area contributed by atoms with Crippen LogP contribution in [0.1, 0.15) is 31.2 Å². The molecule has 1 aliphatic carbocycles. The van der Waals surface area contributed by atoms with Crippen LogP contribution in [0.5, 0.6) is 5.75 Å². The van der Waals surface area contributed by atoms with Crippen molar-refractivity contribution >= 4 is 5.91 Å². The first-order valence-corrected chi connectivity index (χ1v) is 6.68. The second-order valence-electron chi connectivity index (χ2n) is 5.17. The van der Waals surface area contributed by atoms with Crippen LogP contribution in [0.3, 0.4) is 0 Å². The van der Waals surface area contributed by atoms with Crippen LogP contribution in [0.4, 0.5) is 0 Å². The molecule has 1 saturated carbocycles. The second-order valence-corrected chi connectivity index (χ2v) is 5.17. The zero-order chi connectivity index (χ0) is 13.8. The zero-order valence-electron chi connectivity index (χ0n) is 11.5. The van der Waals surface area contributed by atoms with Crippen molar-refractivity contribution < 1.29 is 9.53 Å². The van der Waals surface area contributed by atoms with Gasteiger partial charge in [0.25, 0.3) is 0 Å². The molecule has 1 unspecified atom stereocenters. The summed E-state index contributed by atoms with van der Waals surface area (Å²) in [7, 11) is 0. The van der Waals surface area contributed by atoms with E-state index in [4.69, 9.17) is 10.5 Å².